The predicted molar refractivity (Wildman–Crippen MR) is 48.6 cm³/mol. The van der Waals surface area contributed by atoms with E-state index >= 15 is 0 Å². The highest BCUT2D eigenvalue weighted by Gasteiger charge is 1.95. The predicted octanol–water partition coefficient (Wildman–Crippen LogP) is 0.964. The molecule has 2 N–H and O–H groups in total. The second-order valence-electron chi connectivity index (χ2n) is 2.40. The Balaban J connectivity index is 2.46. The lowest BCUT2D eigenvalue weighted by atomic mass is 10.3. The van der Waals surface area contributed by atoms with Gasteiger partial charge < -0.3 is 14.3 Å². The molecule has 0 bridgehead atoms. The van der Waals surface area contributed by atoms with Crippen molar-refractivity contribution in [3.8, 4) is 11.5 Å². The average Bonchev–Trinajstić information content (AvgIpc) is 2.19. The van der Waals surface area contributed by atoms with E-state index in [0.717, 1.165) is 11.5 Å². The molecule has 0 saturated carbocycles. The van der Waals surface area contributed by atoms with Crippen molar-refractivity contribution < 1.29 is 14.3 Å². The smallest absolute Gasteiger partial charge is 0.123 e. The van der Waals surface area contributed by atoms with Crippen LogP contribution < -0.4 is 15.4 Å². The summed E-state index contributed by atoms with van der Waals surface area (Å²) in [4.78, 5) is 4.36. The molecule has 0 radical (unpaired) electrons. The molecule has 4 heteroatoms. The van der Waals surface area contributed by atoms with Crippen LogP contribution in [0.4, 0.5) is 0 Å². The first kappa shape index (κ1) is 9.83. The van der Waals surface area contributed by atoms with Crippen LogP contribution in [0, 0.1) is 0 Å². The minimum Gasteiger partial charge on any atom is -0.497 e. The Morgan fingerprint density at radius 3 is 2.69 bits per heavy atom. The van der Waals surface area contributed by atoms with E-state index in [4.69, 9.17) is 15.4 Å². The van der Waals surface area contributed by atoms with E-state index in [1.165, 1.54) is 0 Å². The summed E-state index contributed by atoms with van der Waals surface area (Å²) in [5, 5.41) is 0. The molecule has 0 aliphatic heterocycles. The van der Waals surface area contributed by atoms with Crippen LogP contribution in [0.3, 0.4) is 0 Å². The maximum absolute atomic E-state index is 5.30. The lowest BCUT2D eigenvalue weighted by molar-refractivity contribution is 0.102. The van der Waals surface area contributed by atoms with Crippen LogP contribution in [0.2, 0.25) is 0 Å². The van der Waals surface area contributed by atoms with Gasteiger partial charge in [-0.2, -0.15) is 0 Å². The van der Waals surface area contributed by atoms with Gasteiger partial charge in [-0.15, -0.1) is 0 Å². The molecule has 0 amide bonds. The number of methoxy groups -OCH3 is 1. The van der Waals surface area contributed by atoms with E-state index < -0.39 is 0 Å². The van der Waals surface area contributed by atoms with Crippen molar-refractivity contribution in [2.75, 3.05) is 20.3 Å². The maximum Gasteiger partial charge on any atom is 0.123 e. The first-order chi connectivity index (χ1) is 6.36. The van der Waals surface area contributed by atoms with Crippen LogP contribution >= 0.6 is 0 Å². The average molecular weight is 183 g/mol. The third-order valence-electron chi connectivity index (χ3n) is 1.51. The molecule has 1 aromatic rings. The van der Waals surface area contributed by atoms with Crippen molar-refractivity contribution in [1.29, 1.82) is 0 Å². The Morgan fingerprint density at radius 2 is 2.00 bits per heavy atom. The molecule has 0 heterocycles. The number of rotatable bonds is 5. The summed E-state index contributed by atoms with van der Waals surface area (Å²) in [5.74, 6) is 6.36. The van der Waals surface area contributed by atoms with Crippen LogP contribution in [-0.4, -0.2) is 20.3 Å². The third kappa shape index (κ3) is 3.31. The van der Waals surface area contributed by atoms with E-state index in [9.17, 15) is 0 Å². The first-order valence-electron chi connectivity index (χ1n) is 3.95. The van der Waals surface area contributed by atoms with Gasteiger partial charge >= 0.3 is 0 Å². The molecule has 1 rings (SSSR count). The summed E-state index contributed by atoms with van der Waals surface area (Å²) in [6.45, 7) is 0.806. The summed E-state index contributed by atoms with van der Waals surface area (Å²) in [6.07, 6.45) is 0. The molecule has 0 atom stereocenters. The topological polar surface area (TPSA) is 53.7 Å². The molecule has 0 fully saturated rings. The van der Waals surface area contributed by atoms with E-state index in [1.807, 2.05) is 18.2 Å². The Bertz CT molecular complexity index is 252. The van der Waals surface area contributed by atoms with E-state index in [2.05, 4.69) is 4.84 Å². The number of benzene rings is 1. The zero-order chi connectivity index (χ0) is 9.52. The Morgan fingerprint density at radius 1 is 1.23 bits per heavy atom. The Hall–Kier alpha value is -1.26. The molecule has 0 spiro atoms. The van der Waals surface area contributed by atoms with Gasteiger partial charge in [0.1, 0.15) is 24.7 Å². The summed E-state index contributed by atoms with van der Waals surface area (Å²) in [6, 6.07) is 7.36. The van der Waals surface area contributed by atoms with Crippen molar-refractivity contribution >= 4 is 0 Å². The van der Waals surface area contributed by atoms with Crippen molar-refractivity contribution in [3.05, 3.63) is 24.3 Å². The summed E-state index contributed by atoms with van der Waals surface area (Å²) < 4.78 is 10.3. The molecule has 0 aromatic heterocycles. The summed E-state index contributed by atoms with van der Waals surface area (Å²) in [5.41, 5.74) is 0. The molecule has 13 heavy (non-hydrogen) atoms. The highest BCUT2D eigenvalue weighted by atomic mass is 16.6. The quantitative estimate of drug-likeness (QED) is 0.545. The lowest BCUT2D eigenvalue weighted by Crippen LogP contribution is -2.09. The van der Waals surface area contributed by atoms with Crippen molar-refractivity contribution in [2.45, 2.75) is 0 Å². The Kier molecular flexibility index (Phi) is 4.08. The second-order valence-corrected chi connectivity index (χ2v) is 2.40. The maximum atomic E-state index is 5.30. The van der Waals surface area contributed by atoms with Crippen molar-refractivity contribution in [1.82, 2.24) is 0 Å². The molecule has 0 aliphatic rings. The molecular weight excluding hydrogens is 170 g/mol. The van der Waals surface area contributed by atoms with Gasteiger partial charge in [0, 0.05) is 6.07 Å². The SMILES string of the molecule is COc1cccc(OCCON)c1. The highest BCUT2D eigenvalue weighted by Crippen LogP contribution is 2.18. The van der Waals surface area contributed by atoms with Gasteiger partial charge in [0.2, 0.25) is 0 Å². The number of hydrogen-bond acceptors (Lipinski definition) is 4. The van der Waals surface area contributed by atoms with E-state index in [1.54, 1.807) is 13.2 Å². The molecule has 1 aromatic carbocycles. The van der Waals surface area contributed by atoms with Crippen molar-refractivity contribution in [3.63, 3.8) is 0 Å². The van der Waals surface area contributed by atoms with E-state index in [0.29, 0.717) is 13.2 Å². The van der Waals surface area contributed by atoms with Gasteiger partial charge in [0.15, 0.2) is 0 Å². The standard InChI is InChI=1S/C9H13NO3/c1-11-8-3-2-4-9(7-8)12-5-6-13-10/h2-4,7H,5-6,10H2,1H3. The Labute approximate surface area is 77.2 Å². The van der Waals surface area contributed by atoms with Crippen LogP contribution in [0.5, 0.6) is 11.5 Å². The second kappa shape index (κ2) is 5.40. The fraction of sp³-hybridized carbons (Fsp3) is 0.333. The van der Waals surface area contributed by atoms with Crippen LogP contribution in [0.15, 0.2) is 24.3 Å². The molecule has 0 unspecified atom stereocenters. The summed E-state index contributed by atoms with van der Waals surface area (Å²) >= 11 is 0. The highest BCUT2D eigenvalue weighted by molar-refractivity contribution is 5.32. The summed E-state index contributed by atoms with van der Waals surface area (Å²) in [7, 11) is 1.61. The van der Waals surface area contributed by atoms with Gasteiger partial charge in [-0.25, -0.2) is 5.90 Å². The molecule has 72 valence electrons. The van der Waals surface area contributed by atoms with E-state index in [-0.39, 0.29) is 0 Å². The van der Waals surface area contributed by atoms with Gasteiger partial charge in [-0.1, -0.05) is 6.07 Å². The largest absolute Gasteiger partial charge is 0.497 e. The molecule has 4 nitrogen and oxygen atoms in total. The van der Waals surface area contributed by atoms with Gasteiger partial charge in [-0.3, -0.25) is 0 Å². The molecular formula is C9H13NO3. The first-order valence-corrected chi connectivity index (χ1v) is 3.95. The van der Waals surface area contributed by atoms with Gasteiger partial charge in [0.25, 0.3) is 0 Å². The number of hydrogen-bond donors (Lipinski definition) is 1. The zero-order valence-electron chi connectivity index (χ0n) is 7.53. The van der Waals surface area contributed by atoms with Crippen LogP contribution in [-0.2, 0) is 4.84 Å². The van der Waals surface area contributed by atoms with Gasteiger partial charge in [0.05, 0.1) is 7.11 Å². The third-order valence-corrected chi connectivity index (χ3v) is 1.51. The lowest BCUT2D eigenvalue weighted by Gasteiger charge is -2.06. The van der Waals surface area contributed by atoms with Gasteiger partial charge in [-0.05, 0) is 12.1 Å². The number of ether oxygens (including phenoxy) is 2. The fourth-order valence-electron chi connectivity index (χ4n) is 0.899. The molecule has 0 aliphatic carbocycles. The normalized spacial score (nSPS) is 9.69. The minimum absolute atomic E-state index is 0.372. The fourth-order valence-corrected chi connectivity index (χ4v) is 0.899. The zero-order valence-corrected chi connectivity index (χ0v) is 7.53. The minimum atomic E-state index is 0.372. The number of nitrogens with two attached hydrogens (primary N) is 1. The molecule has 0 saturated heterocycles. The van der Waals surface area contributed by atoms with Crippen molar-refractivity contribution in [2.24, 2.45) is 5.90 Å². The van der Waals surface area contributed by atoms with Crippen LogP contribution in [0.1, 0.15) is 0 Å². The monoisotopic (exact) mass is 183 g/mol. The van der Waals surface area contributed by atoms with Crippen LogP contribution in [0.25, 0.3) is 0 Å².